The highest BCUT2D eigenvalue weighted by Gasteiger charge is 2.10. The SMILES string of the molecule is COc1ccc(CC(N)c2ccccn2)cc1OC. The van der Waals surface area contributed by atoms with Gasteiger partial charge in [-0.3, -0.25) is 4.98 Å². The topological polar surface area (TPSA) is 57.4 Å². The van der Waals surface area contributed by atoms with Gasteiger partial charge in [0.05, 0.1) is 26.0 Å². The van der Waals surface area contributed by atoms with Gasteiger partial charge in [-0.2, -0.15) is 0 Å². The predicted octanol–water partition coefficient (Wildman–Crippen LogP) is 2.34. The van der Waals surface area contributed by atoms with E-state index in [1.165, 1.54) is 0 Å². The molecular weight excluding hydrogens is 240 g/mol. The van der Waals surface area contributed by atoms with E-state index < -0.39 is 0 Å². The van der Waals surface area contributed by atoms with Gasteiger partial charge < -0.3 is 15.2 Å². The van der Waals surface area contributed by atoms with E-state index in [1.807, 2.05) is 36.4 Å². The average Bonchev–Trinajstić information content (AvgIpc) is 2.48. The molecule has 2 aromatic rings. The molecule has 0 saturated heterocycles. The summed E-state index contributed by atoms with van der Waals surface area (Å²) in [5, 5.41) is 0. The first-order chi connectivity index (χ1) is 9.24. The minimum Gasteiger partial charge on any atom is -0.493 e. The number of benzene rings is 1. The molecule has 4 nitrogen and oxygen atoms in total. The second-order valence-corrected chi connectivity index (χ2v) is 4.25. The third kappa shape index (κ3) is 3.23. The standard InChI is InChI=1S/C15H18N2O2/c1-18-14-7-6-11(10-15(14)19-2)9-12(16)13-5-3-4-8-17-13/h3-8,10,12H,9,16H2,1-2H3. The van der Waals surface area contributed by atoms with Crippen molar-refractivity contribution in [3.63, 3.8) is 0 Å². The second kappa shape index (κ2) is 6.20. The molecule has 0 bridgehead atoms. The van der Waals surface area contributed by atoms with Crippen LogP contribution in [-0.4, -0.2) is 19.2 Å². The molecule has 1 aromatic heterocycles. The molecule has 1 aromatic carbocycles. The van der Waals surface area contributed by atoms with E-state index in [0.29, 0.717) is 12.2 Å². The number of aromatic nitrogens is 1. The smallest absolute Gasteiger partial charge is 0.160 e. The molecular formula is C15H18N2O2. The maximum atomic E-state index is 6.15. The highest BCUT2D eigenvalue weighted by Crippen LogP contribution is 2.28. The van der Waals surface area contributed by atoms with E-state index in [9.17, 15) is 0 Å². The van der Waals surface area contributed by atoms with Crippen LogP contribution >= 0.6 is 0 Å². The summed E-state index contributed by atoms with van der Waals surface area (Å²) < 4.78 is 10.5. The quantitative estimate of drug-likeness (QED) is 0.894. The average molecular weight is 258 g/mol. The van der Waals surface area contributed by atoms with Gasteiger partial charge >= 0.3 is 0 Å². The van der Waals surface area contributed by atoms with Gasteiger partial charge in [-0.1, -0.05) is 12.1 Å². The maximum absolute atomic E-state index is 6.15. The largest absolute Gasteiger partial charge is 0.493 e. The lowest BCUT2D eigenvalue weighted by Crippen LogP contribution is -2.14. The Morgan fingerprint density at radius 3 is 2.53 bits per heavy atom. The van der Waals surface area contributed by atoms with Gasteiger partial charge in [0.1, 0.15) is 0 Å². The molecule has 0 saturated carbocycles. The summed E-state index contributed by atoms with van der Waals surface area (Å²) in [6.45, 7) is 0. The Kier molecular flexibility index (Phi) is 4.36. The van der Waals surface area contributed by atoms with Gasteiger partial charge in [-0.15, -0.1) is 0 Å². The summed E-state index contributed by atoms with van der Waals surface area (Å²) in [4.78, 5) is 4.27. The highest BCUT2D eigenvalue weighted by molar-refractivity contribution is 5.43. The number of hydrogen-bond acceptors (Lipinski definition) is 4. The van der Waals surface area contributed by atoms with E-state index in [4.69, 9.17) is 15.2 Å². The molecule has 0 radical (unpaired) electrons. The lowest BCUT2D eigenvalue weighted by molar-refractivity contribution is 0.354. The number of rotatable bonds is 5. The fourth-order valence-corrected chi connectivity index (χ4v) is 1.96. The van der Waals surface area contributed by atoms with Crippen molar-refractivity contribution in [1.82, 2.24) is 4.98 Å². The van der Waals surface area contributed by atoms with Crippen LogP contribution in [0.3, 0.4) is 0 Å². The van der Waals surface area contributed by atoms with Crippen LogP contribution in [0, 0.1) is 0 Å². The van der Waals surface area contributed by atoms with E-state index >= 15 is 0 Å². The highest BCUT2D eigenvalue weighted by atomic mass is 16.5. The van der Waals surface area contributed by atoms with Crippen LogP contribution in [0.4, 0.5) is 0 Å². The molecule has 2 N–H and O–H groups in total. The lowest BCUT2D eigenvalue weighted by Gasteiger charge is -2.13. The molecule has 0 amide bonds. The summed E-state index contributed by atoms with van der Waals surface area (Å²) >= 11 is 0. The molecule has 0 fully saturated rings. The maximum Gasteiger partial charge on any atom is 0.160 e. The molecule has 0 aliphatic carbocycles. The molecule has 2 rings (SSSR count). The summed E-state index contributed by atoms with van der Waals surface area (Å²) in [5.41, 5.74) is 8.13. The van der Waals surface area contributed by atoms with Crippen LogP contribution in [0.5, 0.6) is 11.5 Å². The zero-order chi connectivity index (χ0) is 13.7. The Morgan fingerprint density at radius 1 is 1.11 bits per heavy atom. The summed E-state index contributed by atoms with van der Waals surface area (Å²) in [7, 11) is 3.25. The monoisotopic (exact) mass is 258 g/mol. The van der Waals surface area contributed by atoms with Crippen molar-refractivity contribution in [2.24, 2.45) is 5.73 Å². The van der Waals surface area contributed by atoms with Crippen molar-refractivity contribution in [3.05, 3.63) is 53.9 Å². The van der Waals surface area contributed by atoms with Crippen LogP contribution in [0.2, 0.25) is 0 Å². The normalized spacial score (nSPS) is 11.9. The number of methoxy groups -OCH3 is 2. The number of nitrogens with zero attached hydrogens (tertiary/aromatic N) is 1. The Bertz CT molecular complexity index is 529. The fourth-order valence-electron chi connectivity index (χ4n) is 1.96. The van der Waals surface area contributed by atoms with Gasteiger partial charge in [0.25, 0.3) is 0 Å². The Morgan fingerprint density at radius 2 is 1.89 bits per heavy atom. The summed E-state index contributed by atoms with van der Waals surface area (Å²) in [6, 6.07) is 11.5. The third-order valence-corrected chi connectivity index (χ3v) is 2.97. The van der Waals surface area contributed by atoms with E-state index in [-0.39, 0.29) is 6.04 Å². The molecule has 19 heavy (non-hydrogen) atoms. The van der Waals surface area contributed by atoms with Gasteiger partial charge in [0.15, 0.2) is 11.5 Å². The van der Waals surface area contributed by atoms with Crippen LogP contribution < -0.4 is 15.2 Å². The Hall–Kier alpha value is -2.07. The van der Waals surface area contributed by atoms with Crippen LogP contribution in [-0.2, 0) is 6.42 Å². The minimum atomic E-state index is -0.126. The summed E-state index contributed by atoms with van der Waals surface area (Å²) in [6.07, 6.45) is 2.46. The Balaban J connectivity index is 2.15. The van der Waals surface area contributed by atoms with Crippen molar-refractivity contribution in [3.8, 4) is 11.5 Å². The fraction of sp³-hybridized carbons (Fsp3) is 0.267. The number of ether oxygens (including phenoxy) is 2. The first-order valence-corrected chi connectivity index (χ1v) is 6.12. The molecule has 4 heteroatoms. The van der Waals surface area contributed by atoms with Crippen LogP contribution in [0.1, 0.15) is 17.3 Å². The van der Waals surface area contributed by atoms with Crippen LogP contribution in [0.25, 0.3) is 0 Å². The van der Waals surface area contributed by atoms with E-state index in [2.05, 4.69) is 4.98 Å². The van der Waals surface area contributed by atoms with Crippen molar-refractivity contribution in [2.45, 2.75) is 12.5 Å². The molecule has 0 spiro atoms. The number of pyridine rings is 1. The first kappa shape index (κ1) is 13.4. The zero-order valence-electron chi connectivity index (χ0n) is 11.2. The molecule has 1 heterocycles. The molecule has 1 unspecified atom stereocenters. The minimum absolute atomic E-state index is 0.126. The molecule has 0 aliphatic heterocycles. The predicted molar refractivity (Wildman–Crippen MR) is 74.4 cm³/mol. The van der Waals surface area contributed by atoms with Crippen molar-refractivity contribution < 1.29 is 9.47 Å². The molecule has 100 valence electrons. The van der Waals surface area contributed by atoms with Gasteiger partial charge in [-0.05, 0) is 36.2 Å². The first-order valence-electron chi connectivity index (χ1n) is 6.12. The van der Waals surface area contributed by atoms with E-state index in [1.54, 1.807) is 20.4 Å². The summed E-state index contributed by atoms with van der Waals surface area (Å²) in [5.74, 6) is 1.44. The van der Waals surface area contributed by atoms with Gasteiger partial charge in [0, 0.05) is 6.20 Å². The third-order valence-electron chi connectivity index (χ3n) is 2.97. The van der Waals surface area contributed by atoms with E-state index in [0.717, 1.165) is 17.0 Å². The van der Waals surface area contributed by atoms with Crippen LogP contribution in [0.15, 0.2) is 42.6 Å². The van der Waals surface area contributed by atoms with Gasteiger partial charge in [-0.25, -0.2) is 0 Å². The second-order valence-electron chi connectivity index (χ2n) is 4.25. The van der Waals surface area contributed by atoms with Crippen molar-refractivity contribution >= 4 is 0 Å². The van der Waals surface area contributed by atoms with Crippen molar-refractivity contribution in [1.29, 1.82) is 0 Å². The molecule has 1 atom stereocenters. The number of hydrogen-bond donors (Lipinski definition) is 1. The number of nitrogens with two attached hydrogens (primary N) is 1. The van der Waals surface area contributed by atoms with Crippen molar-refractivity contribution in [2.75, 3.05) is 14.2 Å². The zero-order valence-corrected chi connectivity index (χ0v) is 11.2. The Labute approximate surface area is 113 Å². The van der Waals surface area contributed by atoms with Gasteiger partial charge in [0.2, 0.25) is 0 Å². The molecule has 0 aliphatic rings. The lowest BCUT2D eigenvalue weighted by atomic mass is 10.0.